The van der Waals surface area contributed by atoms with Gasteiger partial charge in [0, 0.05) is 12.2 Å². The number of aliphatic carboxylic acids is 1. The smallest absolute Gasteiger partial charge is 0.328 e. The standard InChI is InChI=1S/C14H15BrN2O5/c1-2-9-3-4-11(10(15)7-9)22-8-13(19)17-16-12(18)5-6-14(20)21/h3-7H,2,8H2,1H3,(H,16,18)(H,17,19)(H,20,21). The highest BCUT2D eigenvalue weighted by molar-refractivity contribution is 9.10. The normalized spacial score (nSPS) is 10.3. The quantitative estimate of drug-likeness (QED) is 0.515. The largest absolute Gasteiger partial charge is 0.483 e. The third-order valence-electron chi connectivity index (χ3n) is 2.47. The number of rotatable bonds is 6. The van der Waals surface area contributed by atoms with Gasteiger partial charge in [0.25, 0.3) is 11.8 Å². The molecule has 0 heterocycles. The zero-order valence-electron chi connectivity index (χ0n) is 11.8. The van der Waals surface area contributed by atoms with E-state index in [1.165, 1.54) is 0 Å². The summed E-state index contributed by atoms with van der Waals surface area (Å²) in [5.41, 5.74) is 5.25. The van der Waals surface area contributed by atoms with Crippen molar-refractivity contribution < 1.29 is 24.2 Å². The van der Waals surface area contributed by atoms with Crippen LogP contribution in [0.1, 0.15) is 12.5 Å². The lowest BCUT2D eigenvalue weighted by Gasteiger charge is -2.09. The minimum Gasteiger partial charge on any atom is -0.483 e. The summed E-state index contributed by atoms with van der Waals surface area (Å²) in [7, 11) is 0. The van der Waals surface area contributed by atoms with Crippen molar-refractivity contribution in [2.24, 2.45) is 0 Å². The van der Waals surface area contributed by atoms with Crippen LogP contribution in [0.5, 0.6) is 5.75 Å². The molecule has 3 N–H and O–H groups in total. The molecule has 0 saturated carbocycles. The van der Waals surface area contributed by atoms with Crippen LogP contribution in [0.3, 0.4) is 0 Å². The average Bonchev–Trinajstić information content (AvgIpc) is 2.49. The summed E-state index contributed by atoms with van der Waals surface area (Å²) < 4.78 is 6.04. The minimum atomic E-state index is -1.26. The molecule has 0 saturated heterocycles. The van der Waals surface area contributed by atoms with Crippen molar-refractivity contribution in [1.82, 2.24) is 10.9 Å². The Bertz CT molecular complexity index is 601. The molecule has 0 unspecified atom stereocenters. The van der Waals surface area contributed by atoms with Gasteiger partial charge in [0.15, 0.2) is 6.61 Å². The van der Waals surface area contributed by atoms with Gasteiger partial charge in [-0.05, 0) is 40.0 Å². The molecule has 0 radical (unpaired) electrons. The number of carboxylic acid groups (broad SMARTS) is 1. The number of carboxylic acids is 1. The number of aryl methyl sites for hydroxylation is 1. The molecule has 0 aliphatic heterocycles. The number of amides is 2. The highest BCUT2D eigenvalue weighted by Crippen LogP contribution is 2.26. The lowest BCUT2D eigenvalue weighted by molar-refractivity contribution is -0.131. The SMILES string of the molecule is CCc1ccc(OCC(=O)NNC(=O)C=CC(=O)O)c(Br)c1. The minimum absolute atomic E-state index is 0.299. The fourth-order valence-electron chi connectivity index (χ4n) is 1.38. The summed E-state index contributed by atoms with van der Waals surface area (Å²) >= 11 is 3.34. The number of halogens is 1. The van der Waals surface area contributed by atoms with Crippen molar-refractivity contribution in [2.45, 2.75) is 13.3 Å². The molecule has 0 fully saturated rings. The van der Waals surface area contributed by atoms with Gasteiger partial charge in [-0.2, -0.15) is 0 Å². The Morgan fingerprint density at radius 1 is 1.27 bits per heavy atom. The Morgan fingerprint density at radius 3 is 2.59 bits per heavy atom. The van der Waals surface area contributed by atoms with Crippen molar-refractivity contribution in [1.29, 1.82) is 0 Å². The number of carbonyl (C=O) groups excluding carboxylic acids is 2. The van der Waals surface area contributed by atoms with E-state index >= 15 is 0 Å². The van der Waals surface area contributed by atoms with E-state index in [1.54, 1.807) is 6.07 Å². The molecule has 0 atom stereocenters. The molecule has 8 heteroatoms. The maximum Gasteiger partial charge on any atom is 0.328 e. The number of benzene rings is 1. The fourth-order valence-corrected chi connectivity index (χ4v) is 1.92. The molecule has 0 aromatic heterocycles. The molecule has 0 aliphatic rings. The summed E-state index contributed by atoms with van der Waals surface area (Å²) in [6.07, 6.45) is 2.32. The van der Waals surface area contributed by atoms with Crippen molar-refractivity contribution in [3.8, 4) is 5.75 Å². The van der Waals surface area contributed by atoms with Gasteiger partial charge in [-0.15, -0.1) is 0 Å². The maximum absolute atomic E-state index is 11.5. The van der Waals surface area contributed by atoms with E-state index in [0.717, 1.165) is 22.5 Å². The van der Waals surface area contributed by atoms with Crippen LogP contribution in [0.4, 0.5) is 0 Å². The molecule has 118 valence electrons. The lowest BCUT2D eigenvalue weighted by atomic mass is 10.2. The summed E-state index contributed by atoms with van der Waals surface area (Å²) in [5.74, 6) is -2.09. The number of ether oxygens (including phenoxy) is 1. The molecule has 1 aromatic rings. The lowest BCUT2D eigenvalue weighted by Crippen LogP contribution is -2.43. The summed E-state index contributed by atoms with van der Waals surface area (Å²) in [6.45, 7) is 1.73. The molecule has 1 aromatic carbocycles. The number of hydrazine groups is 1. The van der Waals surface area contributed by atoms with Gasteiger partial charge in [0.1, 0.15) is 5.75 Å². The Balaban J connectivity index is 2.40. The number of carbonyl (C=O) groups is 3. The molecule has 0 aliphatic carbocycles. The number of hydrogen-bond acceptors (Lipinski definition) is 4. The predicted octanol–water partition coefficient (Wildman–Crippen LogP) is 1.18. The topological polar surface area (TPSA) is 105 Å². The Hall–Kier alpha value is -2.35. The van der Waals surface area contributed by atoms with Crippen molar-refractivity contribution in [2.75, 3.05) is 6.61 Å². The molecular weight excluding hydrogens is 356 g/mol. The van der Waals surface area contributed by atoms with Crippen molar-refractivity contribution >= 4 is 33.7 Å². The van der Waals surface area contributed by atoms with Crippen LogP contribution in [-0.4, -0.2) is 29.5 Å². The summed E-state index contributed by atoms with van der Waals surface area (Å²) in [6, 6.07) is 5.52. The van der Waals surface area contributed by atoms with Gasteiger partial charge in [-0.25, -0.2) is 4.79 Å². The van der Waals surface area contributed by atoms with E-state index < -0.39 is 17.8 Å². The maximum atomic E-state index is 11.5. The zero-order chi connectivity index (χ0) is 16.5. The Morgan fingerprint density at radius 2 is 2.00 bits per heavy atom. The molecule has 22 heavy (non-hydrogen) atoms. The number of nitrogens with one attached hydrogen (secondary N) is 2. The van der Waals surface area contributed by atoms with Crippen LogP contribution in [0.25, 0.3) is 0 Å². The first-order chi connectivity index (χ1) is 10.4. The van der Waals surface area contributed by atoms with Crippen LogP contribution in [0.15, 0.2) is 34.8 Å². The second-order valence-corrected chi connectivity index (χ2v) is 4.97. The molecule has 7 nitrogen and oxygen atoms in total. The van der Waals surface area contributed by atoms with Gasteiger partial charge in [0.2, 0.25) is 0 Å². The molecule has 2 amide bonds. The zero-order valence-corrected chi connectivity index (χ0v) is 13.3. The van der Waals surface area contributed by atoms with Crippen LogP contribution < -0.4 is 15.6 Å². The molecular formula is C14H15BrN2O5. The third-order valence-corrected chi connectivity index (χ3v) is 3.09. The highest BCUT2D eigenvalue weighted by Gasteiger charge is 2.07. The van der Waals surface area contributed by atoms with Crippen LogP contribution >= 0.6 is 15.9 Å². The predicted molar refractivity (Wildman–Crippen MR) is 82.1 cm³/mol. The van der Waals surface area contributed by atoms with E-state index in [2.05, 4.69) is 21.4 Å². The van der Waals surface area contributed by atoms with Gasteiger partial charge >= 0.3 is 5.97 Å². The van der Waals surface area contributed by atoms with E-state index in [4.69, 9.17) is 9.84 Å². The van der Waals surface area contributed by atoms with Crippen molar-refractivity contribution in [3.05, 3.63) is 40.4 Å². The first-order valence-corrected chi connectivity index (χ1v) is 7.12. The van der Waals surface area contributed by atoms with Crippen LogP contribution in [0, 0.1) is 0 Å². The van der Waals surface area contributed by atoms with Gasteiger partial charge < -0.3 is 9.84 Å². The Kier molecular flexibility index (Phi) is 7.11. The van der Waals surface area contributed by atoms with Crippen LogP contribution in [-0.2, 0) is 20.8 Å². The van der Waals surface area contributed by atoms with Gasteiger partial charge in [0.05, 0.1) is 4.47 Å². The van der Waals surface area contributed by atoms with Crippen molar-refractivity contribution in [3.63, 3.8) is 0 Å². The van der Waals surface area contributed by atoms with E-state index in [-0.39, 0.29) is 6.61 Å². The van der Waals surface area contributed by atoms with Gasteiger partial charge in [-0.3, -0.25) is 20.4 Å². The third kappa shape index (κ3) is 6.40. The average molecular weight is 371 g/mol. The molecule has 1 rings (SSSR count). The number of hydrogen-bond donors (Lipinski definition) is 3. The van der Waals surface area contributed by atoms with Gasteiger partial charge in [-0.1, -0.05) is 13.0 Å². The second kappa shape index (κ2) is 8.83. The first-order valence-electron chi connectivity index (χ1n) is 6.33. The highest BCUT2D eigenvalue weighted by atomic mass is 79.9. The summed E-state index contributed by atoms with van der Waals surface area (Å²) in [4.78, 5) is 32.8. The second-order valence-electron chi connectivity index (χ2n) is 4.12. The summed E-state index contributed by atoms with van der Waals surface area (Å²) in [5, 5.41) is 8.33. The fraction of sp³-hybridized carbons (Fsp3) is 0.214. The molecule has 0 spiro atoms. The Labute approximate surface area is 135 Å². The monoisotopic (exact) mass is 370 g/mol. The van der Waals surface area contributed by atoms with E-state index in [0.29, 0.717) is 11.8 Å². The first kappa shape index (κ1) is 17.7. The molecule has 0 bridgehead atoms. The van der Waals surface area contributed by atoms with E-state index in [1.807, 2.05) is 24.5 Å². The van der Waals surface area contributed by atoms with E-state index in [9.17, 15) is 14.4 Å². The van der Waals surface area contributed by atoms with Crippen LogP contribution in [0.2, 0.25) is 0 Å².